The van der Waals surface area contributed by atoms with E-state index in [4.69, 9.17) is 9.47 Å². The van der Waals surface area contributed by atoms with Gasteiger partial charge in [0.1, 0.15) is 5.75 Å². The molecule has 0 bridgehead atoms. The number of amides is 1. The summed E-state index contributed by atoms with van der Waals surface area (Å²) in [6.07, 6.45) is -0.990. The lowest BCUT2D eigenvalue weighted by atomic mass is 10.3. The fourth-order valence-electron chi connectivity index (χ4n) is 2.04. The fraction of sp³-hybridized carbons (Fsp3) is 0.263. The summed E-state index contributed by atoms with van der Waals surface area (Å²) in [7, 11) is 0. The van der Waals surface area contributed by atoms with Crippen LogP contribution in [0, 0.1) is 0 Å². The Bertz CT molecular complexity index is 741. The number of anilines is 1. The molecule has 1 amide bonds. The lowest BCUT2D eigenvalue weighted by Crippen LogP contribution is -2.30. The summed E-state index contributed by atoms with van der Waals surface area (Å²) in [5.74, 6) is -2.93. The second-order valence-corrected chi connectivity index (χ2v) is 6.50. The number of para-hydroxylation sites is 1. The molecule has 8 heteroatoms. The van der Waals surface area contributed by atoms with Crippen molar-refractivity contribution in [3.05, 3.63) is 54.6 Å². The van der Waals surface area contributed by atoms with Gasteiger partial charge in [0.05, 0.1) is 13.0 Å². The average molecular weight is 395 g/mol. The summed E-state index contributed by atoms with van der Waals surface area (Å²) in [6.45, 7) is 1.59. The molecule has 0 aliphatic carbocycles. The van der Waals surface area contributed by atoms with Gasteiger partial charge in [0.15, 0.2) is 6.10 Å². The number of rotatable bonds is 9. The first-order valence-corrected chi connectivity index (χ1v) is 9.05. The van der Waals surface area contributed by atoms with Crippen LogP contribution in [-0.4, -0.2) is 30.3 Å². The number of ether oxygens (including phenoxy) is 2. The lowest BCUT2D eigenvalue weighted by molar-refractivity contribution is -0.153. The number of esters is 1. The molecule has 0 aromatic heterocycles. The van der Waals surface area contributed by atoms with E-state index in [0.29, 0.717) is 28.1 Å². The third-order valence-electron chi connectivity index (χ3n) is 3.34. The second kappa shape index (κ2) is 10.5. The minimum atomic E-state index is -2.50. The first-order valence-electron chi connectivity index (χ1n) is 8.17. The highest BCUT2D eigenvalue weighted by Gasteiger charge is 2.18. The number of nitrogens with one attached hydrogen (secondary N) is 1. The molecule has 27 heavy (non-hydrogen) atoms. The summed E-state index contributed by atoms with van der Waals surface area (Å²) >= 11 is 0.419. The lowest BCUT2D eigenvalue weighted by Gasteiger charge is -2.14. The van der Waals surface area contributed by atoms with E-state index in [1.807, 2.05) is 18.2 Å². The topological polar surface area (TPSA) is 64.6 Å². The molecule has 0 aliphatic rings. The molecule has 0 radical (unpaired) electrons. The van der Waals surface area contributed by atoms with Crippen molar-refractivity contribution < 1.29 is 27.8 Å². The maximum absolute atomic E-state index is 12.3. The average Bonchev–Trinajstić information content (AvgIpc) is 2.63. The van der Waals surface area contributed by atoms with Crippen molar-refractivity contribution in [3.63, 3.8) is 0 Å². The van der Waals surface area contributed by atoms with Crippen molar-refractivity contribution in [2.45, 2.75) is 30.1 Å². The highest BCUT2D eigenvalue weighted by atomic mass is 32.2. The van der Waals surface area contributed by atoms with Gasteiger partial charge in [0, 0.05) is 10.6 Å². The largest absolute Gasteiger partial charge is 0.493 e. The molecule has 5 nitrogen and oxygen atoms in total. The van der Waals surface area contributed by atoms with Gasteiger partial charge in [-0.25, -0.2) is 0 Å². The summed E-state index contributed by atoms with van der Waals surface area (Å²) in [5, 5.41) is 2.57. The first-order chi connectivity index (χ1) is 12.9. The summed E-state index contributed by atoms with van der Waals surface area (Å²) in [6, 6.07) is 15.0. The molecular weight excluding hydrogens is 376 g/mol. The van der Waals surface area contributed by atoms with Gasteiger partial charge in [0.2, 0.25) is 0 Å². The van der Waals surface area contributed by atoms with Crippen LogP contribution in [0.1, 0.15) is 13.3 Å². The first kappa shape index (κ1) is 20.7. The Labute approximate surface area is 160 Å². The Hall–Kier alpha value is -2.61. The fourth-order valence-corrected chi connectivity index (χ4v) is 2.54. The number of carbonyl (C=O) groups excluding carboxylic acids is 2. The molecule has 144 valence electrons. The molecule has 2 rings (SSSR count). The van der Waals surface area contributed by atoms with Crippen molar-refractivity contribution in [3.8, 4) is 5.75 Å². The molecule has 1 N–H and O–H groups in total. The van der Waals surface area contributed by atoms with E-state index in [1.165, 1.54) is 31.2 Å². The molecule has 0 aliphatic heterocycles. The van der Waals surface area contributed by atoms with Crippen molar-refractivity contribution in [1.82, 2.24) is 0 Å². The number of halogens is 2. The highest BCUT2D eigenvalue weighted by Crippen LogP contribution is 2.26. The van der Waals surface area contributed by atoms with Crippen LogP contribution in [0.25, 0.3) is 0 Å². The molecule has 2 aromatic carbocycles. The van der Waals surface area contributed by atoms with Crippen LogP contribution < -0.4 is 10.1 Å². The van der Waals surface area contributed by atoms with Gasteiger partial charge in [-0.15, -0.1) is 0 Å². The summed E-state index contributed by atoms with van der Waals surface area (Å²) < 4.78 is 35.0. The number of carbonyl (C=O) groups is 2. The summed E-state index contributed by atoms with van der Waals surface area (Å²) in [4.78, 5) is 24.2. The van der Waals surface area contributed by atoms with E-state index >= 15 is 0 Å². The number of hydrogen-bond donors (Lipinski definition) is 1. The number of thioether (sulfide) groups is 1. The van der Waals surface area contributed by atoms with E-state index in [2.05, 4.69) is 5.32 Å². The molecule has 0 saturated carbocycles. The van der Waals surface area contributed by atoms with Crippen molar-refractivity contribution >= 4 is 29.3 Å². The van der Waals surface area contributed by atoms with Crippen LogP contribution in [-0.2, 0) is 14.3 Å². The van der Waals surface area contributed by atoms with Gasteiger partial charge in [-0.1, -0.05) is 30.0 Å². The predicted octanol–water partition coefficient (Wildman–Crippen LogP) is 4.34. The van der Waals surface area contributed by atoms with Crippen LogP contribution >= 0.6 is 11.8 Å². The predicted molar refractivity (Wildman–Crippen MR) is 99.0 cm³/mol. The van der Waals surface area contributed by atoms with Crippen LogP contribution in [0.4, 0.5) is 14.5 Å². The van der Waals surface area contributed by atoms with Crippen LogP contribution in [0.2, 0.25) is 0 Å². The Morgan fingerprint density at radius 3 is 2.37 bits per heavy atom. The quantitative estimate of drug-likeness (QED) is 0.505. The van der Waals surface area contributed by atoms with E-state index in [-0.39, 0.29) is 13.0 Å². The molecule has 1 atom stereocenters. The van der Waals surface area contributed by atoms with Gasteiger partial charge >= 0.3 is 5.97 Å². The normalized spacial score (nSPS) is 11.7. The maximum atomic E-state index is 12.3. The van der Waals surface area contributed by atoms with E-state index in [9.17, 15) is 18.4 Å². The molecule has 0 spiro atoms. The SMILES string of the molecule is C[C@H](OC(=O)CCOc1ccccc1)C(=O)Nc1ccc(SC(F)F)cc1. The van der Waals surface area contributed by atoms with E-state index < -0.39 is 23.7 Å². The van der Waals surface area contributed by atoms with Crippen molar-refractivity contribution in [2.75, 3.05) is 11.9 Å². The molecular formula is C19H19F2NO4S. The third kappa shape index (κ3) is 7.65. The second-order valence-electron chi connectivity index (χ2n) is 5.44. The van der Waals surface area contributed by atoms with Gasteiger partial charge < -0.3 is 14.8 Å². The van der Waals surface area contributed by atoms with Gasteiger partial charge in [0.25, 0.3) is 11.7 Å². The Balaban J connectivity index is 1.73. The van der Waals surface area contributed by atoms with E-state index in [1.54, 1.807) is 12.1 Å². The molecule has 0 unspecified atom stereocenters. The van der Waals surface area contributed by atoms with Crippen LogP contribution in [0.3, 0.4) is 0 Å². The summed E-state index contributed by atoms with van der Waals surface area (Å²) in [5.41, 5.74) is 0.425. The Morgan fingerprint density at radius 2 is 1.74 bits per heavy atom. The molecule has 0 heterocycles. The van der Waals surface area contributed by atoms with Gasteiger partial charge in [-0.3, -0.25) is 9.59 Å². The van der Waals surface area contributed by atoms with Gasteiger partial charge in [-0.05, 0) is 43.3 Å². The maximum Gasteiger partial charge on any atom is 0.310 e. The van der Waals surface area contributed by atoms with E-state index in [0.717, 1.165) is 0 Å². The van der Waals surface area contributed by atoms with Crippen LogP contribution in [0.5, 0.6) is 5.75 Å². The Kier molecular flexibility index (Phi) is 8.06. The minimum Gasteiger partial charge on any atom is -0.493 e. The zero-order valence-electron chi connectivity index (χ0n) is 14.6. The minimum absolute atomic E-state index is 0.00601. The zero-order valence-corrected chi connectivity index (χ0v) is 15.4. The molecule has 0 saturated heterocycles. The van der Waals surface area contributed by atoms with Crippen molar-refractivity contribution in [1.29, 1.82) is 0 Å². The Morgan fingerprint density at radius 1 is 1.07 bits per heavy atom. The smallest absolute Gasteiger partial charge is 0.310 e. The zero-order chi connectivity index (χ0) is 19.6. The molecule has 0 fully saturated rings. The highest BCUT2D eigenvalue weighted by molar-refractivity contribution is 7.99. The van der Waals surface area contributed by atoms with Crippen molar-refractivity contribution in [2.24, 2.45) is 0 Å². The number of alkyl halides is 2. The third-order valence-corrected chi connectivity index (χ3v) is 4.07. The number of hydrogen-bond acceptors (Lipinski definition) is 5. The number of benzene rings is 2. The molecule has 2 aromatic rings. The van der Waals surface area contributed by atoms with Gasteiger partial charge in [-0.2, -0.15) is 8.78 Å². The monoisotopic (exact) mass is 395 g/mol. The van der Waals surface area contributed by atoms with Crippen LogP contribution in [0.15, 0.2) is 59.5 Å². The standard InChI is InChI=1S/C19H19F2NO4S/c1-13(26-17(23)11-12-25-15-5-3-2-4-6-15)18(24)22-14-7-9-16(10-8-14)27-19(20)21/h2-10,13,19H,11-12H2,1H3,(H,22,24)/t13-/m0/s1.